The first kappa shape index (κ1) is 4.97. The van der Waals surface area contributed by atoms with Gasteiger partial charge in [0.15, 0.2) is 0 Å². The highest BCUT2D eigenvalue weighted by Gasteiger charge is 2.58. The maximum absolute atomic E-state index is 10.7. The van der Waals surface area contributed by atoms with Crippen molar-refractivity contribution >= 4 is 11.8 Å². The summed E-state index contributed by atoms with van der Waals surface area (Å²) in [5.41, 5.74) is -0.528. The van der Waals surface area contributed by atoms with Crippen molar-refractivity contribution in [3.05, 3.63) is 0 Å². The minimum atomic E-state index is -0.528. The Balaban J connectivity index is 2.26. The zero-order valence-electron chi connectivity index (χ0n) is 4.94. The van der Waals surface area contributed by atoms with Crippen LogP contribution in [0.15, 0.2) is 0 Å². The van der Waals surface area contributed by atoms with Gasteiger partial charge in [-0.25, -0.2) is 0 Å². The molecule has 0 radical (unpaired) electrons. The summed E-state index contributed by atoms with van der Waals surface area (Å²) in [5, 5.41) is 2.22. The molecule has 0 bridgehead atoms. The van der Waals surface area contributed by atoms with Crippen molar-refractivity contribution in [3.8, 4) is 0 Å². The fraction of sp³-hybridized carbons (Fsp3) is 0.667. The number of nitrogens with one attached hydrogen (secondary N) is 1. The molecule has 3 heteroatoms. The van der Waals surface area contributed by atoms with E-state index in [4.69, 9.17) is 0 Å². The van der Waals surface area contributed by atoms with Crippen molar-refractivity contribution in [1.82, 2.24) is 5.32 Å². The molecule has 1 N–H and O–H groups in total. The zero-order valence-corrected chi connectivity index (χ0v) is 4.94. The van der Waals surface area contributed by atoms with E-state index in [0.29, 0.717) is 0 Å². The highest BCUT2D eigenvalue weighted by molar-refractivity contribution is 6.22. The van der Waals surface area contributed by atoms with Crippen molar-refractivity contribution < 1.29 is 9.59 Å². The number of hydrogen-bond acceptors (Lipinski definition) is 2. The van der Waals surface area contributed by atoms with Crippen LogP contribution < -0.4 is 5.32 Å². The summed E-state index contributed by atoms with van der Waals surface area (Å²) in [5.74, 6) is -0.113. The fourth-order valence-electron chi connectivity index (χ4n) is 1.37. The van der Waals surface area contributed by atoms with Crippen molar-refractivity contribution in [2.75, 3.05) is 0 Å². The summed E-state index contributed by atoms with van der Waals surface area (Å²) < 4.78 is 0. The second kappa shape index (κ2) is 1.17. The Morgan fingerprint density at radius 2 is 1.78 bits per heavy atom. The first-order valence-electron chi connectivity index (χ1n) is 3.12. The molecule has 0 aromatic carbocycles. The maximum Gasteiger partial charge on any atom is 0.242 e. The number of carbonyl (C=O) groups is 2. The smallest absolute Gasteiger partial charge is 0.242 e. The standard InChI is InChI=1S/C6H7NO2/c8-4-6(2-1-3-6)5(9)7-4/h1-3H2,(H,7,8,9). The third-order valence-corrected chi connectivity index (χ3v) is 2.30. The Hall–Kier alpha value is -0.860. The van der Waals surface area contributed by atoms with Gasteiger partial charge in [-0.3, -0.25) is 14.9 Å². The van der Waals surface area contributed by atoms with Crippen LogP contribution in [-0.4, -0.2) is 11.8 Å². The van der Waals surface area contributed by atoms with Crippen LogP contribution in [0.25, 0.3) is 0 Å². The summed E-state index contributed by atoms with van der Waals surface area (Å²) in [6, 6.07) is 0. The Labute approximate surface area is 52.4 Å². The van der Waals surface area contributed by atoms with Gasteiger partial charge in [-0.15, -0.1) is 0 Å². The van der Waals surface area contributed by atoms with Crippen LogP contribution in [0, 0.1) is 5.41 Å². The lowest BCUT2D eigenvalue weighted by molar-refractivity contribution is -0.164. The Kier molecular flexibility index (Phi) is 0.648. The van der Waals surface area contributed by atoms with E-state index in [0.717, 1.165) is 19.3 Å². The van der Waals surface area contributed by atoms with E-state index in [-0.39, 0.29) is 11.8 Å². The molecule has 2 rings (SSSR count). The lowest BCUT2D eigenvalue weighted by Crippen LogP contribution is -2.66. The summed E-state index contributed by atoms with van der Waals surface area (Å²) in [4.78, 5) is 21.4. The minimum Gasteiger partial charge on any atom is -0.295 e. The van der Waals surface area contributed by atoms with Gasteiger partial charge in [-0.1, -0.05) is 6.42 Å². The molecule has 2 fully saturated rings. The van der Waals surface area contributed by atoms with Crippen LogP contribution in [0.5, 0.6) is 0 Å². The lowest BCUT2D eigenvalue weighted by atomic mass is 9.63. The second-order valence-electron chi connectivity index (χ2n) is 2.72. The van der Waals surface area contributed by atoms with E-state index < -0.39 is 5.41 Å². The van der Waals surface area contributed by atoms with Gasteiger partial charge < -0.3 is 0 Å². The molecular formula is C6H7NO2. The summed E-state index contributed by atoms with van der Waals surface area (Å²) in [6.45, 7) is 0. The molecule has 0 atom stereocenters. The summed E-state index contributed by atoms with van der Waals surface area (Å²) in [6.07, 6.45) is 2.58. The van der Waals surface area contributed by atoms with E-state index in [1.165, 1.54) is 0 Å². The topological polar surface area (TPSA) is 46.2 Å². The third kappa shape index (κ3) is 0.352. The van der Waals surface area contributed by atoms with Crippen molar-refractivity contribution in [1.29, 1.82) is 0 Å². The predicted molar refractivity (Wildman–Crippen MR) is 29.4 cm³/mol. The van der Waals surface area contributed by atoms with E-state index in [2.05, 4.69) is 5.32 Å². The van der Waals surface area contributed by atoms with Crippen LogP contribution in [-0.2, 0) is 9.59 Å². The first-order chi connectivity index (χ1) is 4.26. The van der Waals surface area contributed by atoms with Crippen molar-refractivity contribution in [2.45, 2.75) is 19.3 Å². The monoisotopic (exact) mass is 125 g/mol. The largest absolute Gasteiger partial charge is 0.295 e. The van der Waals surface area contributed by atoms with E-state index >= 15 is 0 Å². The first-order valence-corrected chi connectivity index (χ1v) is 3.12. The summed E-state index contributed by atoms with van der Waals surface area (Å²) >= 11 is 0. The highest BCUT2D eigenvalue weighted by atomic mass is 16.2. The number of carbonyl (C=O) groups excluding carboxylic acids is 2. The predicted octanol–water partition coefficient (Wildman–Crippen LogP) is -0.187. The Bertz CT molecular complexity index is 177. The molecule has 9 heavy (non-hydrogen) atoms. The molecule has 2 amide bonds. The van der Waals surface area contributed by atoms with Crippen LogP contribution >= 0.6 is 0 Å². The Morgan fingerprint density at radius 1 is 1.22 bits per heavy atom. The van der Waals surface area contributed by atoms with Gasteiger partial charge >= 0.3 is 0 Å². The molecule has 1 saturated heterocycles. The molecule has 1 aliphatic carbocycles. The van der Waals surface area contributed by atoms with Gasteiger partial charge in [-0.05, 0) is 12.8 Å². The molecule has 0 unspecified atom stereocenters. The van der Waals surface area contributed by atoms with Gasteiger partial charge in [0.05, 0.1) is 0 Å². The molecule has 0 aromatic heterocycles. The van der Waals surface area contributed by atoms with Crippen LogP contribution in [0.1, 0.15) is 19.3 Å². The van der Waals surface area contributed by atoms with Crippen molar-refractivity contribution in [2.24, 2.45) is 5.41 Å². The van der Waals surface area contributed by atoms with Gasteiger partial charge in [-0.2, -0.15) is 0 Å². The van der Waals surface area contributed by atoms with Gasteiger partial charge in [0, 0.05) is 0 Å². The molecule has 1 saturated carbocycles. The maximum atomic E-state index is 10.7. The second-order valence-corrected chi connectivity index (χ2v) is 2.72. The van der Waals surface area contributed by atoms with E-state index in [1.54, 1.807) is 0 Å². The molecule has 1 aliphatic heterocycles. The van der Waals surface area contributed by atoms with Crippen LogP contribution in [0.2, 0.25) is 0 Å². The summed E-state index contributed by atoms with van der Waals surface area (Å²) in [7, 11) is 0. The number of imide groups is 1. The average molecular weight is 125 g/mol. The van der Waals surface area contributed by atoms with Gasteiger partial charge in [0.2, 0.25) is 11.8 Å². The van der Waals surface area contributed by atoms with Crippen LogP contribution in [0.3, 0.4) is 0 Å². The SMILES string of the molecule is O=C1NC(=O)C12CCC2. The molecule has 2 aliphatic rings. The number of rotatable bonds is 0. The van der Waals surface area contributed by atoms with Crippen molar-refractivity contribution in [3.63, 3.8) is 0 Å². The van der Waals surface area contributed by atoms with Gasteiger partial charge in [0.1, 0.15) is 5.41 Å². The van der Waals surface area contributed by atoms with Crippen LogP contribution in [0.4, 0.5) is 0 Å². The number of β-lactam (4-membered cyclic amide) rings is 2. The average Bonchev–Trinajstić information content (AvgIpc) is 1.60. The lowest BCUT2D eigenvalue weighted by Gasteiger charge is -2.44. The normalized spacial score (nSPS) is 28.9. The van der Waals surface area contributed by atoms with Gasteiger partial charge in [0.25, 0.3) is 0 Å². The molecule has 48 valence electrons. The molecular weight excluding hydrogens is 118 g/mol. The molecule has 1 spiro atoms. The van der Waals surface area contributed by atoms with E-state index in [1.807, 2.05) is 0 Å². The molecule has 3 nitrogen and oxygen atoms in total. The number of hydrogen-bond donors (Lipinski definition) is 1. The molecule has 1 heterocycles. The minimum absolute atomic E-state index is 0.0567. The zero-order chi connectivity index (χ0) is 6.48. The van der Waals surface area contributed by atoms with E-state index in [9.17, 15) is 9.59 Å². The fourth-order valence-corrected chi connectivity index (χ4v) is 1.37. The number of amides is 2. The highest BCUT2D eigenvalue weighted by Crippen LogP contribution is 2.45. The molecule has 0 aromatic rings. The quantitative estimate of drug-likeness (QED) is 0.360. The Morgan fingerprint density at radius 3 is 1.89 bits per heavy atom. The third-order valence-electron chi connectivity index (χ3n) is 2.30.